The number of nitrogens with one attached hydrogen (secondary N) is 1. The van der Waals surface area contributed by atoms with E-state index in [4.69, 9.17) is 0 Å². The molecule has 1 nitrogen and oxygen atoms in total. The van der Waals surface area contributed by atoms with Crippen LogP contribution in [0.4, 0.5) is 0 Å². The minimum absolute atomic E-state index is 0.901. The average molecular weight is 135 g/mol. The first-order valence-corrected chi connectivity index (χ1v) is 4.07. The van der Waals surface area contributed by atoms with Gasteiger partial charge < -0.3 is 5.32 Å². The van der Waals surface area contributed by atoms with Crippen molar-refractivity contribution in [3.8, 4) is 0 Å². The van der Waals surface area contributed by atoms with E-state index in [1.54, 1.807) is 5.57 Å². The van der Waals surface area contributed by atoms with Crippen molar-refractivity contribution in [1.29, 1.82) is 0 Å². The number of hydrogen-bond donors (Lipinski definition) is 1. The topological polar surface area (TPSA) is 12.0 Å². The molecule has 1 heteroatoms. The Bertz CT molecular complexity index is 175. The Kier molecular flexibility index (Phi) is 1.50. The lowest BCUT2D eigenvalue weighted by atomic mass is 9.79. The molecule has 2 aliphatic rings. The molecule has 0 amide bonds. The minimum atomic E-state index is 0.901. The van der Waals surface area contributed by atoms with Crippen LogP contribution >= 0.6 is 0 Å². The zero-order valence-electron chi connectivity index (χ0n) is 6.14. The van der Waals surface area contributed by atoms with Gasteiger partial charge in [0, 0.05) is 6.54 Å². The van der Waals surface area contributed by atoms with Gasteiger partial charge in [-0.3, -0.25) is 0 Å². The van der Waals surface area contributed by atoms with Gasteiger partial charge in [-0.25, -0.2) is 0 Å². The molecule has 1 aliphatic carbocycles. The normalized spacial score (nSPS) is 25.0. The van der Waals surface area contributed by atoms with Crippen molar-refractivity contribution in [3.05, 3.63) is 23.9 Å². The molecule has 1 saturated carbocycles. The molecule has 0 aromatic rings. The van der Waals surface area contributed by atoms with Crippen LogP contribution < -0.4 is 5.32 Å². The number of rotatable bonds is 1. The summed E-state index contributed by atoms with van der Waals surface area (Å²) in [4.78, 5) is 0. The van der Waals surface area contributed by atoms with Crippen LogP contribution in [-0.4, -0.2) is 6.54 Å². The molecule has 1 aliphatic heterocycles. The molecular formula is C9H13N. The molecule has 1 N–H and O–H groups in total. The van der Waals surface area contributed by atoms with E-state index < -0.39 is 0 Å². The Labute approximate surface area is 61.8 Å². The maximum absolute atomic E-state index is 3.16. The zero-order valence-corrected chi connectivity index (χ0v) is 6.14. The van der Waals surface area contributed by atoms with Crippen LogP contribution in [-0.2, 0) is 0 Å². The van der Waals surface area contributed by atoms with Gasteiger partial charge in [0.05, 0.1) is 0 Å². The summed E-state index contributed by atoms with van der Waals surface area (Å²) in [6.07, 6.45) is 10.8. The lowest BCUT2D eigenvalue weighted by Crippen LogP contribution is -2.17. The van der Waals surface area contributed by atoms with Gasteiger partial charge in [-0.2, -0.15) is 0 Å². The van der Waals surface area contributed by atoms with Crippen molar-refractivity contribution in [1.82, 2.24) is 5.32 Å². The van der Waals surface area contributed by atoms with Crippen LogP contribution in [0.2, 0.25) is 0 Å². The van der Waals surface area contributed by atoms with Crippen LogP contribution in [0.3, 0.4) is 0 Å². The standard InChI is InChI=1S/C9H13N/c1-2-8(3-1)9-4-6-10-7-5-9/h4-6,8,10H,1-3,7H2. The van der Waals surface area contributed by atoms with E-state index in [1.807, 2.05) is 0 Å². The Hall–Kier alpha value is -0.720. The highest BCUT2D eigenvalue weighted by molar-refractivity contribution is 5.26. The zero-order chi connectivity index (χ0) is 6.81. The summed E-state index contributed by atoms with van der Waals surface area (Å²) in [5.74, 6) is 0.901. The molecule has 2 rings (SSSR count). The van der Waals surface area contributed by atoms with Gasteiger partial charge in [0.1, 0.15) is 0 Å². The Morgan fingerprint density at radius 3 is 2.80 bits per heavy atom. The van der Waals surface area contributed by atoms with Crippen LogP contribution in [0.5, 0.6) is 0 Å². The molecule has 0 aromatic heterocycles. The molecule has 0 saturated heterocycles. The van der Waals surface area contributed by atoms with Crippen LogP contribution in [0.25, 0.3) is 0 Å². The van der Waals surface area contributed by atoms with Gasteiger partial charge in [0.2, 0.25) is 0 Å². The molecule has 0 atom stereocenters. The molecule has 0 spiro atoms. The van der Waals surface area contributed by atoms with Crippen LogP contribution in [0, 0.1) is 5.92 Å². The summed E-state index contributed by atoms with van der Waals surface area (Å²) in [6.45, 7) is 1.03. The first kappa shape index (κ1) is 6.02. The predicted octanol–water partition coefficient (Wildman–Crippen LogP) is 1.83. The van der Waals surface area contributed by atoms with Crippen molar-refractivity contribution >= 4 is 0 Å². The molecule has 0 bridgehead atoms. The van der Waals surface area contributed by atoms with E-state index in [1.165, 1.54) is 19.3 Å². The fraction of sp³-hybridized carbons (Fsp3) is 0.556. The van der Waals surface area contributed by atoms with Crippen molar-refractivity contribution in [2.24, 2.45) is 5.92 Å². The molecule has 1 fully saturated rings. The summed E-state index contributed by atoms with van der Waals surface area (Å²) in [5.41, 5.74) is 1.56. The summed E-state index contributed by atoms with van der Waals surface area (Å²) in [5, 5.41) is 3.16. The minimum Gasteiger partial charge on any atom is -0.387 e. The highest BCUT2D eigenvalue weighted by atomic mass is 14.8. The second kappa shape index (κ2) is 2.49. The van der Waals surface area contributed by atoms with E-state index in [2.05, 4.69) is 23.7 Å². The first-order chi connectivity index (χ1) is 4.97. The quantitative estimate of drug-likeness (QED) is 0.578. The van der Waals surface area contributed by atoms with Gasteiger partial charge in [-0.05, 0) is 36.6 Å². The highest BCUT2D eigenvalue weighted by Gasteiger charge is 2.20. The predicted molar refractivity (Wildman–Crippen MR) is 42.6 cm³/mol. The van der Waals surface area contributed by atoms with Crippen LogP contribution in [0.1, 0.15) is 19.3 Å². The molecular weight excluding hydrogens is 122 g/mol. The van der Waals surface area contributed by atoms with Crippen molar-refractivity contribution < 1.29 is 0 Å². The van der Waals surface area contributed by atoms with E-state index in [9.17, 15) is 0 Å². The maximum atomic E-state index is 3.16. The van der Waals surface area contributed by atoms with Gasteiger partial charge in [0.15, 0.2) is 0 Å². The monoisotopic (exact) mass is 135 g/mol. The third kappa shape index (κ3) is 0.962. The second-order valence-corrected chi connectivity index (χ2v) is 3.07. The highest BCUT2D eigenvalue weighted by Crippen LogP contribution is 2.33. The van der Waals surface area contributed by atoms with E-state index in [0.717, 1.165) is 12.5 Å². The van der Waals surface area contributed by atoms with E-state index in [-0.39, 0.29) is 0 Å². The molecule has 1 heterocycles. The molecule has 54 valence electrons. The smallest absolute Gasteiger partial charge is 0.0331 e. The van der Waals surface area contributed by atoms with Gasteiger partial charge in [0.25, 0.3) is 0 Å². The third-order valence-electron chi connectivity index (χ3n) is 2.43. The Balaban J connectivity index is 2.01. The van der Waals surface area contributed by atoms with Gasteiger partial charge >= 0.3 is 0 Å². The largest absolute Gasteiger partial charge is 0.387 e. The van der Waals surface area contributed by atoms with Crippen molar-refractivity contribution in [2.45, 2.75) is 19.3 Å². The maximum Gasteiger partial charge on any atom is 0.0331 e. The first-order valence-electron chi connectivity index (χ1n) is 4.07. The van der Waals surface area contributed by atoms with E-state index >= 15 is 0 Å². The molecule has 0 radical (unpaired) electrons. The number of allylic oxidation sites excluding steroid dienone is 2. The fourth-order valence-corrected chi connectivity index (χ4v) is 1.51. The fourth-order valence-electron chi connectivity index (χ4n) is 1.51. The lowest BCUT2D eigenvalue weighted by Gasteiger charge is -2.27. The van der Waals surface area contributed by atoms with Crippen molar-refractivity contribution in [3.63, 3.8) is 0 Å². The summed E-state index contributed by atoms with van der Waals surface area (Å²) in [7, 11) is 0. The number of dihydropyridines is 1. The van der Waals surface area contributed by atoms with Crippen molar-refractivity contribution in [2.75, 3.05) is 6.54 Å². The van der Waals surface area contributed by atoms with Crippen LogP contribution in [0.15, 0.2) is 23.9 Å². The summed E-state index contributed by atoms with van der Waals surface area (Å²) < 4.78 is 0. The number of hydrogen-bond acceptors (Lipinski definition) is 1. The Morgan fingerprint density at radius 1 is 1.40 bits per heavy atom. The molecule has 0 aromatic carbocycles. The van der Waals surface area contributed by atoms with Gasteiger partial charge in [-0.15, -0.1) is 0 Å². The molecule has 10 heavy (non-hydrogen) atoms. The lowest BCUT2D eigenvalue weighted by molar-refractivity contribution is 0.372. The average Bonchev–Trinajstić information content (AvgIpc) is 1.86. The summed E-state index contributed by atoms with van der Waals surface area (Å²) >= 11 is 0. The Morgan fingerprint density at radius 2 is 2.30 bits per heavy atom. The second-order valence-electron chi connectivity index (χ2n) is 3.07. The SMILES string of the molecule is C1=CC(C2CCC2)=CCN1. The van der Waals surface area contributed by atoms with Gasteiger partial charge in [-0.1, -0.05) is 12.5 Å². The molecule has 0 unspecified atom stereocenters. The van der Waals surface area contributed by atoms with E-state index in [0.29, 0.717) is 0 Å². The third-order valence-corrected chi connectivity index (χ3v) is 2.43. The summed E-state index contributed by atoms with van der Waals surface area (Å²) in [6, 6.07) is 0.